The third-order valence-corrected chi connectivity index (χ3v) is 4.24. The Morgan fingerprint density at radius 1 is 1.24 bits per heavy atom. The Balaban J connectivity index is 1.72. The van der Waals surface area contributed by atoms with Crippen molar-refractivity contribution in [2.75, 3.05) is 17.2 Å². The Hall–Kier alpha value is -2.89. The van der Waals surface area contributed by atoms with E-state index in [4.69, 9.17) is 4.74 Å². The second-order valence-electron chi connectivity index (χ2n) is 6.39. The van der Waals surface area contributed by atoms with Gasteiger partial charge in [0.1, 0.15) is 17.0 Å². The van der Waals surface area contributed by atoms with Gasteiger partial charge in [0.2, 0.25) is 5.91 Å². The lowest BCUT2D eigenvalue weighted by Crippen LogP contribution is -2.23. The average molecular weight is 339 g/mol. The lowest BCUT2D eigenvalue weighted by molar-refractivity contribution is -0.114. The molecule has 0 unspecified atom stereocenters. The molecule has 6 nitrogen and oxygen atoms in total. The van der Waals surface area contributed by atoms with Crippen LogP contribution in [-0.4, -0.2) is 23.4 Å². The number of aryl methyl sites for hydroxylation is 1. The zero-order chi connectivity index (χ0) is 18.0. The molecule has 0 atom stereocenters. The second-order valence-corrected chi connectivity index (χ2v) is 6.39. The zero-order valence-electron chi connectivity index (χ0n) is 14.6. The maximum absolute atomic E-state index is 12.2. The number of amides is 1. The van der Waals surface area contributed by atoms with Crippen molar-refractivity contribution in [3.05, 3.63) is 53.2 Å². The quantitative estimate of drug-likeness (QED) is 0.818. The number of pyridine rings is 1. The highest BCUT2D eigenvalue weighted by Gasteiger charge is 2.39. The van der Waals surface area contributed by atoms with Crippen molar-refractivity contribution in [2.24, 2.45) is 0 Å². The first-order valence-electron chi connectivity index (χ1n) is 8.27. The van der Waals surface area contributed by atoms with Gasteiger partial charge in [0, 0.05) is 17.4 Å². The number of carbonyl (C=O) groups excluding carboxylic acids is 2. The Kier molecular flexibility index (Phi) is 4.44. The smallest absolute Gasteiger partial charge is 0.343 e. The number of rotatable bonds is 5. The highest BCUT2D eigenvalue weighted by atomic mass is 16.6. The van der Waals surface area contributed by atoms with Gasteiger partial charge in [-0.05, 0) is 38.0 Å². The monoisotopic (exact) mass is 339 g/mol. The van der Waals surface area contributed by atoms with E-state index in [0.29, 0.717) is 11.4 Å². The topological polar surface area (TPSA) is 80.3 Å². The number of fused-ring (bicyclic) bond motifs is 1. The number of carbonyl (C=O) groups is 2. The Labute approximate surface area is 146 Å². The minimum atomic E-state index is -0.686. The van der Waals surface area contributed by atoms with Crippen LogP contribution in [0.4, 0.5) is 11.5 Å². The van der Waals surface area contributed by atoms with E-state index in [0.717, 1.165) is 23.2 Å². The number of ether oxygens (including phenoxy) is 1. The van der Waals surface area contributed by atoms with E-state index >= 15 is 0 Å². The highest BCUT2D eigenvalue weighted by molar-refractivity contribution is 6.00. The molecule has 1 aromatic carbocycles. The Bertz CT molecular complexity index is 830. The fraction of sp³-hybridized carbons (Fsp3) is 0.316. The fourth-order valence-electron chi connectivity index (χ4n) is 2.95. The normalized spacial score (nSPS) is 14.6. The van der Waals surface area contributed by atoms with E-state index in [1.807, 2.05) is 45.0 Å². The van der Waals surface area contributed by atoms with E-state index < -0.39 is 11.6 Å². The summed E-state index contributed by atoms with van der Waals surface area (Å²) in [6.07, 6.45) is 2.44. The minimum absolute atomic E-state index is 0.00914. The molecule has 0 saturated heterocycles. The lowest BCUT2D eigenvalue weighted by atomic mass is 9.97. The van der Waals surface area contributed by atoms with Crippen LogP contribution in [0.3, 0.4) is 0 Å². The predicted molar refractivity (Wildman–Crippen MR) is 95.6 cm³/mol. The van der Waals surface area contributed by atoms with Gasteiger partial charge in [-0.15, -0.1) is 0 Å². The molecule has 1 aromatic heterocycles. The summed E-state index contributed by atoms with van der Waals surface area (Å²) in [5.74, 6) is -0.259. The number of esters is 1. The van der Waals surface area contributed by atoms with Gasteiger partial charge in [0.25, 0.3) is 0 Å². The molecule has 2 heterocycles. The Morgan fingerprint density at radius 3 is 2.76 bits per heavy atom. The molecule has 0 bridgehead atoms. The summed E-state index contributed by atoms with van der Waals surface area (Å²) in [7, 11) is 0. The van der Waals surface area contributed by atoms with Crippen molar-refractivity contribution in [3.8, 4) is 0 Å². The molecule has 0 fully saturated rings. The highest BCUT2D eigenvalue weighted by Crippen LogP contribution is 2.38. The first-order valence-corrected chi connectivity index (χ1v) is 8.27. The molecule has 3 rings (SSSR count). The van der Waals surface area contributed by atoms with Gasteiger partial charge in [-0.1, -0.05) is 25.1 Å². The summed E-state index contributed by atoms with van der Waals surface area (Å²) >= 11 is 0. The van der Waals surface area contributed by atoms with Gasteiger partial charge in [-0.3, -0.25) is 4.79 Å². The lowest BCUT2D eigenvalue weighted by Gasteiger charge is -2.17. The average Bonchev–Trinajstić information content (AvgIpc) is 2.83. The van der Waals surface area contributed by atoms with Crippen LogP contribution in [-0.2, 0) is 21.6 Å². The van der Waals surface area contributed by atoms with Crippen LogP contribution < -0.4 is 10.6 Å². The molecule has 0 saturated carbocycles. The summed E-state index contributed by atoms with van der Waals surface area (Å²) in [5, 5.41) is 5.83. The summed E-state index contributed by atoms with van der Waals surface area (Å²) in [6, 6.07) is 9.44. The first-order chi connectivity index (χ1) is 11.9. The number of para-hydroxylation sites is 1. The number of aromatic nitrogens is 1. The summed E-state index contributed by atoms with van der Waals surface area (Å²) in [4.78, 5) is 28.6. The summed E-state index contributed by atoms with van der Waals surface area (Å²) in [5.41, 5.74) is 2.35. The largest absolute Gasteiger partial charge is 0.451 e. The second kappa shape index (κ2) is 6.55. The molecule has 0 radical (unpaired) electrons. The van der Waals surface area contributed by atoms with Gasteiger partial charge >= 0.3 is 5.97 Å². The van der Waals surface area contributed by atoms with Gasteiger partial charge in [-0.25, -0.2) is 9.78 Å². The van der Waals surface area contributed by atoms with Crippen molar-refractivity contribution < 1.29 is 14.3 Å². The summed E-state index contributed by atoms with van der Waals surface area (Å²) in [6.45, 7) is 5.70. The number of hydrogen-bond acceptors (Lipinski definition) is 5. The van der Waals surface area contributed by atoms with Crippen LogP contribution in [0.15, 0.2) is 36.5 Å². The van der Waals surface area contributed by atoms with Gasteiger partial charge < -0.3 is 15.4 Å². The van der Waals surface area contributed by atoms with Crippen molar-refractivity contribution in [2.45, 2.75) is 32.8 Å². The summed E-state index contributed by atoms with van der Waals surface area (Å²) < 4.78 is 5.37. The molecular weight excluding hydrogens is 318 g/mol. The molecule has 0 aliphatic carbocycles. The van der Waals surface area contributed by atoms with Crippen LogP contribution in [0, 0.1) is 0 Å². The number of cyclic esters (lactones) is 1. The molecule has 1 amide bonds. The number of nitrogens with one attached hydrogen (secondary N) is 2. The predicted octanol–water partition coefficient (Wildman–Crippen LogP) is 3.10. The van der Waals surface area contributed by atoms with Gasteiger partial charge in [-0.2, -0.15) is 0 Å². The maximum atomic E-state index is 12.2. The SMILES string of the molecule is CCc1ccccc1NC(=O)CNc1nccc2c1C(=O)OC2(C)C. The maximum Gasteiger partial charge on any atom is 0.343 e. The molecule has 1 aliphatic heterocycles. The van der Waals surface area contributed by atoms with Gasteiger partial charge in [0.15, 0.2) is 0 Å². The van der Waals surface area contributed by atoms with E-state index in [9.17, 15) is 9.59 Å². The number of hydrogen-bond donors (Lipinski definition) is 2. The molecular formula is C19H21N3O3. The third-order valence-electron chi connectivity index (χ3n) is 4.24. The van der Waals surface area contributed by atoms with Crippen LogP contribution in [0.1, 0.15) is 42.3 Å². The molecule has 1 aliphatic rings. The van der Waals surface area contributed by atoms with Crippen LogP contribution in [0.25, 0.3) is 0 Å². The standard InChI is InChI=1S/C19H21N3O3/c1-4-12-7-5-6-8-14(12)22-15(23)11-21-17-16-13(9-10-20-17)19(2,3)25-18(16)24/h5-10H,4,11H2,1-3H3,(H,20,21)(H,22,23). The van der Waals surface area contributed by atoms with Crippen LogP contribution in [0.5, 0.6) is 0 Å². The number of benzene rings is 1. The van der Waals surface area contributed by atoms with E-state index in [-0.39, 0.29) is 12.5 Å². The fourth-order valence-corrected chi connectivity index (χ4v) is 2.95. The molecule has 0 spiro atoms. The van der Waals surface area contributed by atoms with Crippen molar-refractivity contribution in [1.82, 2.24) is 4.98 Å². The molecule has 2 aromatic rings. The van der Waals surface area contributed by atoms with E-state index in [1.54, 1.807) is 12.3 Å². The van der Waals surface area contributed by atoms with E-state index in [1.165, 1.54) is 0 Å². The van der Waals surface area contributed by atoms with Gasteiger partial charge in [0.05, 0.1) is 6.54 Å². The third kappa shape index (κ3) is 3.33. The van der Waals surface area contributed by atoms with Crippen molar-refractivity contribution in [1.29, 1.82) is 0 Å². The number of anilines is 2. The van der Waals surface area contributed by atoms with Crippen molar-refractivity contribution in [3.63, 3.8) is 0 Å². The molecule has 2 N–H and O–H groups in total. The van der Waals surface area contributed by atoms with E-state index in [2.05, 4.69) is 15.6 Å². The van der Waals surface area contributed by atoms with Crippen molar-refractivity contribution >= 4 is 23.4 Å². The Morgan fingerprint density at radius 2 is 2.00 bits per heavy atom. The minimum Gasteiger partial charge on any atom is -0.451 e. The van der Waals surface area contributed by atoms with Crippen LogP contribution in [0.2, 0.25) is 0 Å². The first kappa shape index (κ1) is 17.0. The molecule has 25 heavy (non-hydrogen) atoms. The van der Waals surface area contributed by atoms with Crippen LogP contribution >= 0.6 is 0 Å². The zero-order valence-corrected chi connectivity index (χ0v) is 14.6. The molecule has 6 heteroatoms. The number of nitrogens with zero attached hydrogens (tertiary/aromatic N) is 1. The molecule has 130 valence electrons.